The summed E-state index contributed by atoms with van der Waals surface area (Å²) < 4.78 is 63.0. The number of methoxy groups -OCH3 is 1. The topological polar surface area (TPSA) is 182 Å². The molecule has 0 saturated carbocycles. The zero-order valence-corrected chi connectivity index (χ0v) is 32.4. The van der Waals surface area contributed by atoms with E-state index in [-0.39, 0.29) is 66.7 Å². The Balaban J connectivity index is 0.895. The molecule has 3 aliphatic rings. The minimum absolute atomic E-state index is 0.00676. The fraction of sp³-hybridized carbons (Fsp3) is 0.341. The summed E-state index contributed by atoms with van der Waals surface area (Å²) in [5, 5.41) is 10.7. The minimum atomic E-state index is -4.78. The molecule has 0 aliphatic carbocycles. The van der Waals surface area contributed by atoms with Crippen LogP contribution in [0, 0.1) is 11.3 Å². The van der Waals surface area contributed by atoms with Crippen LogP contribution in [0.25, 0.3) is 6.08 Å². The summed E-state index contributed by atoms with van der Waals surface area (Å²) in [4.78, 5) is 78.0. The van der Waals surface area contributed by atoms with Crippen LogP contribution in [0.5, 0.6) is 17.2 Å². The van der Waals surface area contributed by atoms with Gasteiger partial charge in [-0.15, -0.1) is 0 Å². The predicted octanol–water partition coefficient (Wildman–Crippen LogP) is 6.26. The normalized spacial score (nSPS) is 17.5. The average molecular weight is 835 g/mol. The Hall–Kier alpha value is -6.03. The molecule has 0 aromatic heterocycles. The van der Waals surface area contributed by atoms with Gasteiger partial charge in [0.05, 0.1) is 66.7 Å². The third kappa shape index (κ3) is 9.82. The zero-order chi connectivity index (χ0) is 42.3. The monoisotopic (exact) mass is 834 g/mol. The van der Waals surface area contributed by atoms with Crippen molar-refractivity contribution < 1.29 is 60.9 Å². The first kappa shape index (κ1) is 42.6. The maximum absolute atomic E-state index is 13.6. The number of alkyl halides is 3. The quantitative estimate of drug-likeness (QED) is 0.0917. The molecule has 59 heavy (non-hydrogen) atoms. The number of aryl methyl sites for hydroxylation is 1. The summed E-state index contributed by atoms with van der Waals surface area (Å²) in [7, 11) is 1.30. The van der Waals surface area contributed by atoms with Crippen molar-refractivity contribution in [1.82, 2.24) is 15.1 Å². The van der Waals surface area contributed by atoms with Crippen LogP contribution in [0.1, 0.15) is 75.1 Å². The van der Waals surface area contributed by atoms with E-state index >= 15 is 0 Å². The number of piperidine rings is 1. The summed E-state index contributed by atoms with van der Waals surface area (Å²) >= 11 is 0.733. The van der Waals surface area contributed by atoms with Gasteiger partial charge in [0, 0.05) is 13.0 Å². The Bertz CT molecular complexity index is 2260. The van der Waals surface area contributed by atoms with Crippen molar-refractivity contribution in [3.05, 3.63) is 92.9 Å². The highest BCUT2D eigenvalue weighted by Crippen LogP contribution is 2.42. The van der Waals surface area contributed by atoms with Gasteiger partial charge >= 0.3 is 6.18 Å². The fourth-order valence-electron chi connectivity index (χ4n) is 6.70. The molecular weight excluding hydrogens is 798 g/mol. The van der Waals surface area contributed by atoms with Crippen molar-refractivity contribution in [1.29, 1.82) is 5.26 Å². The summed E-state index contributed by atoms with van der Waals surface area (Å²) in [6, 6.07) is 13.0. The minimum Gasteiger partial charge on any atom is -0.493 e. The number of fused-ring (bicyclic) bond motifs is 1. The molecule has 1 N–H and O–H groups in total. The third-order valence-corrected chi connectivity index (χ3v) is 10.5. The second kappa shape index (κ2) is 18.7. The molecule has 3 aromatic rings. The van der Waals surface area contributed by atoms with Crippen molar-refractivity contribution in [2.45, 2.75) is 50.7 Å². The molecule has 2 saturated heterocycles. The zero-order valence-electron chi connectivity index (χ0n) is 31.6. The number of hydrogen-bond donors (Lipinski definition) is 1. The average Bonchev–Trinajstić information content (AvgIpc) is 3.62. The Kier molecular flexibility index (Phi) is 13.5. The van der Waals surface area contributed by atoms with E-state index in [0.29, 0.717) is 30.2 Å². The molecule has 6 rings (SSSR count). The molecule has 0 bridgehead atoms. The predicted molar refractivity (Wildman–Crippen MR) is 204 cm³/mol. The van der Waals surface area contributed by atoms with Gasteiger partial charge in [-0.25, -0.2) is 0 Å². The lowest BCUT2D eigenvalue weighted by Gasteiger charge is -2.27. The van der Waals surface area contributed by atoms with E-state index in [1.54, 1.807) is 24.3 Å². The van der Waals surface area contributed by atoms with Gasteiger partial charge in [-0.05, 0) is 91.0 Å². The van der Waals surface area contributed by atoms with Crippen LogP contribution >= 0.6 is 11.8 Å². The van der Waals surface area contributed by atoms with Gasteiger partial charge in [0.1, 0.15) is 11.8 Å². The number of nitriles is 1. The second-order valence-electron chi connectivity index (χ2n) is 13.5. The van der Waals surface area contributed by atoms with Crippen LogP contribution in [0.3, 0.4) is 0 Å². The number of unbranched alkanes of at least 4 members (excludes halogenated alkanes) is 2. The smallest absolute Gasteiger partial charge is 0.420 e. The first-order valence-corrected chi connectivity index (χ1v) is 19.3. The molecule has 2 fully saturated rings. The summed E-state index contributed by atoms with van der Waals surface area (Å²) in [5.74, 6) is -3.18. The van der Waals surface area contributed by atoms with Gasteiger partial charge in [-0.3, -0.25) is 43.9 Å². The summed E-state index contributed by atoms with van der Waals surface area (Å²) in [6.45, 7) is 1.04. The second-order valence-corrected chi connectivity index (χ2v) is 14.5. The Morgan fingerprint density at radius 3 is 2.37 bits per heavy atom. The van der Waals surface area contributed by atoms with Crippen LogP contribution in [-0.2, 0) is 36.5 Å². The molecule has 18 heteroatoms. The lowest BCUT2D eigenvalue weighted by Crippen LogP contribution is -2.54. The van der Waals surface area contributed by atoms with Gasteiger partial charge < -0.3 is 18.9 Å². The number of nitrogens with zero attached hydrogens (tertiary/aromatic N) is 3. The number of thioether (sulfide) groups is 1. The highest BCUT2D eigenvalue weighted by Gasteiger charge is 2.45. The highest BCUT2D eigenvalue weighted by molar-refractivity contribution is 8.18. The Morgan fingerprint density at radius 1 is 0.881 bits per heavy atom. The highest BCUT2D eigenvalue weighted by atomic mass is 32.2. The molecule has 0 radical (unpaired) electrons. The number of ether oxygens (including phenoxy) is 4. The Morgan fingerprint density at radius 2 is 1.64 bits per heavy atom. The summed E-state index contributed by atoms with van der Waals surface area (Å²) in [6.07, 6.45) is -0.407. The van der Waals surface area contributed by atoms with E-state index in [1.807, 2.05) is 0 Å². The van der Waals surface area contributed by atoms with E-state index in [2.05, 4.69) is 5.32 Å². The number of carbonyl (C=O) groups excluding carboxylic acids is 6. The largest absolute Gasteiger partial charge is 0.493 e. The third-order valence-electron chi connectivity index (χ3n) is 9.61. The first-order valence-electron chi connectivity index (χ1n) is 18.5. The fourth-order valence-corrected chi connectivity index (χ4v) is 7.56. The van der Waals surface area contributed by atoms with E-state index in [9.17, 15) is 41.9 Å². The van der Waals surface area contributed by atoms with Crippen molar-refractivity contribution in [2.75, 3.05) is 40.1 Å². The number of hydrogen-bond acceptors (Lipinski definition) is 12. The van der Waals surface area contributed by atoms with E-state index in [1.165, 1.54) is 37.5 Å². The lowest BCUT2D eigenvalue weighted by molar-refractivity contribution is -0.139. The van der Waals surface area contributed by atoms with Crippen molar-refractivity contribution in [3.63, 3.8) is 0 Å². The first-order chi connectivity index (χ1) is 28.3. The number of benzene rings is 3. The molecule has 1 unspecified atom stereocenters. The number of nitrogens with one attached hydrogen (secondary N) is 1. The van der Waals surface area contributed by atoms with Crippen molar-refractivity contribution >= 4 is 52.6 Å². The molecule has 1 atom stereocenters. The number of carbonyl (C=O) groups is 6. The van der Waals surface area contributed by atoms with E-state index < -0.39 is 58.3 Å². The standard InChI is InChI=1S/C41H37F3N4O10S/c1-55-32-21-24(9-13-31(32)58-30-12-10-25(23-45)20-28(30)41(42,43)44)22-33-38(52)47(40(54)59-33)15-17-57-19-18-56-16-4-2-3-6-26-7-5-8-27-35(26)39(53)48(37(27)51)29-11-14-34(49)46-36(29)50/h5,7-10,12-13,20-22,29H,2-4,6,11,14-19H2,1H3,(H,46,49,50)/b33-22-. The SMILES string of the molecule is COc1cc(/C=C2\SC(=O)N(CCOCCOCCCCCc3cccc4c3C(=O)N(C3CCC(=O)NC3=O)C4=O)C2=O)ccc1Oc1ccc(C#N)cc1C(F)(F)F. The van der Waals surface area contributed by atoms with Gasteiger partial charge in [0.15, 0.2) is 11.5 Å². The van der Waals surface area contributed by atoms with Gasteiger partial charge in [-0.1, -0.05) is 24.6 Å². The molecule has 6 amide bonds. The van der Waals surface area contributed by atoms with E-state index in [4.69, 9.17) is 24.2 Å². The molecule has 14 nitrogen and oxygen atoms in total. The number of amides is 6. The Labute approximate surface area is 340 Å². The maximum atomic E-state index is 13.6. The molecule has 3 heterocycles. The number of rotatable bonds is 17. The van der Waals surface area contributed by atoms with Gasteiger partial charge in [-0.2, -0.15) is 18.4 Å². The van der Waals surface area contributed by atoms with E-state index in [0.717, 1.165) is 52.5 Å². The molecule has 0 spiro atoms. The van der Waals surface area contributed by atoms with Crippen LogP contribution in [0.2, 0.25) is 0 Å². The van der Waals surface area contributed by atoms with Gasteiger partial charge in [0.2, 0.25) is 11.8 Å². The molecule has 3 aromatic carbocycles. The van der Waals surface area contributed by atoms with Crippen LogP contribution in [0.15, 0.2) is 59.5 Å². The number of halogens is 3. The van der Waals surface area contributed by atoms with Gasteiger partial charge in [0.25, 0.3) is 23.0 Å². The van der Waals surface area contributed by atoms with Crippen molar-refractivity contribution in [3.8, 4) is 23.3 Å². The van der Waals surface area contributed by atoms with Crippen LogP contribution in [0.4, 0.5) is 18.0 Å². The lowest BCUT2D eigenvalue weighted by atomic mass is 9.98. The van der Waals surface area contributed by atoms with Crippen molar-refractivity contribution in [2.24, 2.45) is 0 Å². The van der Waals surface area contributed by atoms with Crippen LogP contribution in [-0.4, -0.2) is 90.7 Å². The summed E-state index contributed by atoms with van der Waals surface area (Å²) in [5.41, 5.74) is 0.387. The molecule has 308 valence electrons. The van der Waals surface area contributed by atoms with Crippen LogP contribution < -0.4 is 14.8 Å². The maximum Gasteiger partial charge on any atom is 0.420 e. The molecular formula is C41H37F3N4O10S. The number of imide groups is 3. The molecule has 3 aliphatic heterocycles.